The third kappa shape index (κ3) is 4.60. The molecular weight excluding hydrogens is 224 g/mol. The van der Waals surface area contributed by atoms with Crippen LogP contribution in [0.3, 0.4) is 0 Å². The summed E-state index contributed by atoms with van der Waals surface area (Å²) in [5.74, 6) is 2.40. The van der Waals surface area contributed by atoms with Crippen LogP contribution in [0.4, 0.5) is 0 Å². The van der Waals surface area contributed by atoms with Gasteiger partial charge in [-0.25, -0.2) is 0 Å². The SMILES string of the molecule is C#CCNCC(=O)NCC(C)(C)c1ccccc1. The molecule has 1 aromatic carbocycles. The maximum absolute atomic E-state index is 11.6. The highest BCUT2D eigenvalue weighted by atomic mass is 16.1. The average Bonchev–Trinajstić information content (AvgIpc) is 2.38. The van der Waals surface area contributed by atoms with E-state index in [9.17, 15) is 4.79 Å². The van der Waals surface area contributed by atoms with Crippen molar-refractivity contribution in [3.63, 3.8) is 0 Å². The van der Waals surface area contributed by atoms with Crippen LogP contribution in [-0.2, 0) is 10.2 Å². The van der Waals surface area contributed by atoms with Crippen LogP contribution in [0.1, 0.15) is 19.4 Å². The molecule has 0 saturated heterocycles. The first-order valence-electron chi connectivity index (χ1n) is 6.02. The van der Waals surface area contributed by atoms with Crippen LogP contribution in [-0.4, -0.2) is 25.5 Å². The zero-order valence-electron chi connectivity index (χ0n) is 11.0. The van der Waals surface area contributed by atoms with E-state index in [1.807, 2.05) is 18.2 Å². The Balaban J connectivity index is 2.43. The Bertz CT molecular complexity index is 418. The number of carbonyl (C=O) groups is 1. The molecule has 0 aliphatic carbocycles. The predicted octanol–water partition coefficient (Wildman–Crippen LogP) is 1.30. The van der Waals surface area contributed by atoms with Gasteiger partial charge in [0.25, 0.3) is 0 Å². The van der Waals surface area contributed by atoms with Gasteiger partial charge < -0.3 is 5.32 Å². The lowest BCUT2D eigenvalue weighted by molar-refractivity contribution is -0.120. The van der Waals surface area contributed by atoms with Crippen LogP contribution in [0.25, 0.3) is 0 Å². The van der Waals surface area contributed by atoms with Crippen LogP contribution in [0.5, 0.6) is 0 Å². The average molecular weight is 244 g/mol. The number of hydrogen-bond acceptors (Lipinski definition) is 2. The quantitative estimate of drug-likeness (QED) is 0.585. The van der Waals surface area contributed by atoms with E-state index in [1.54, 1.807) is 0 Å². The number of benzene rings is 1. The number of nitrogens with one attached hydrogen (secondary N) is 2. The molecule has 1 amide bonds. The second-order valence-corrected chi connectivity index (χ2v) is 4.83. The molecule has 1 aromatic rings. The van der Waals surface area contributed by atoms with Crippen molar-refractivity contribution in [2.75, 3.05) is 19.6 Å². The summed E-state index contributed by atoms with van der Waals surface area (Å²) in [5.41, 5.74) is 1.13. The highest BCUT2D eigenvalue weighted by Crippen LogP contribution is 2.21. The van der Waals surface area contributed by atoms with E-state index in [4.69, 9.17) is 6.42 Å². The molecule has 0 unspecified atom stereocenters. The molecule has 0 saturated carbocycles. The minimum absolute atomic E-state index is 0.0331. The van der Waals surface area contributed by atoms with Crippen molar-refractivity contribution in [2.24, 2.45) is 0 Å². The molecule has 0 atom stereocenters. The molecule has 3 heteroatoms. The molecule has 0 heterocycles. The lowest BCUT2D eigenvalue weighted by Gasteiger charge is -2.25. The fourth-order valence-corrected chi connectivity index (χ4v) is 1.62. The summed E-state index contributed by atoms with van der Waals surface area (Å²) in [5, 5.41) is 5.77. The van der Waals surface area contributed by atoms with E-state index in [2.05, 4.69) is 42.5 Å². The van der Waals surface area contributed by atoms with Crippen LogP contribution >= 0.6 is 0 Å². The molecule has 0 bridgehead atoms. The summed E-state index contributed by atoms with van der Waals surface area (Å²) in [6, 6.07) is 10.1. The van der Waals surface area contributed by atoms with Gasteiger partial charge in [0.1, 0.15) is 0 Å². The Morgan fingerprint density at radius 3 is 2.61 bits per heavy atom. The summed E-state index contributed by atoms with van der Waals surface area (Å²) in [6.07, 6.45) is 5.09. The van der Waals surface area contributed by atoms with Gasteiger partial charge >= 0.3 is 0 Å². The number of carbonyl (C=O) groups excluding carboxylic acids is 1. The monoisotopic (exact) mass is 244 g/mol. The van der Waals surface area contributed by atoms with Gasteiger partial charge in [0.05, 0.1) is 13.1 Å². The molecule has 3 nitrogen and oxygen atoms in total. The predicted molar refractivity (Wildman–Crippen MR) is 74.2 cm³/mol. The fourth-order valence-electron chi connectivity index (χ4n) is 1.62. The van der Waals surface area contributed by atoms with Crippen LogP contribution in [0, 0.1) is 12.3 Å². The fraction of sp³-hybridized carbons (Fsp3) is 0.400. The standard InChI is InChI=1S/C15H20N2O/c1-4-10-16-11-14(18)17-12-15(2,3)13-8-6-5-7-9-13/h1,5-9,16H,10-12H2,2-3H3,(H,17,18). The van der Waals surface area contributed by atoms with Crippen LogP contribution in [0.2, 0.25) is 0 Å². The minimum atomic E-state index is -0.0803. The summed E-state index contributed by atoms with van der Waals surface area (Å²) < 4.78 is 0. The van der Waals surface area contributed by atoms with E-state index in [-0.39, 0.29) is 17.9 Å². The van der Waals surface area contributed by atoms with Gasteiger partial charge in [0, 0.05) is 12.0 Å². The van der Waals surface area contributed by atoms with Gasteiger partial charge in [-0.15, -0.1) is 6.42 Å². The Hall–Kier alpha value is -1.79. The lowest BCUT2D eigenvalue weighted by atomic mass is 9.84. The topological polar surface area (TPSA) is 41.1 Å². The van der Waals surface area contributed by atoms with Crippen molar-refractivity contribution in [1.29, 1.82) is 0 Å². The molecule has 0 aliphatic rings. The van der Waals surface area contributed by atoms with Crippen LogP contribution < -0.4 is 10.6 Å². The molecule has 2 N–H and O–H groups in total. The second kappa shape index (κ2) is 6.83. The Morgan fingerprint density at radius 1 is 1.33 bits per heavy atom. The number of terminal acetylenes is 1. The first-order valence-corrected chi connectivity index (χ1v) is 6.02. The number of rotatable bonds is 6. The zero-order valence-corrected chi connectivity index (χ0v) is 11.0. The van der Waals surface area contributed by atoms with Crippen molar-refractivity contribution in [1.82, 2.24) is 10.6 Å². The minimum Gasteiger partial charge on any atom is -0.354 e. The van der Waals surface area contributed by atoms with Crippen LogP contribution in [0.15, 0.2) is 30.3 Å². The summed E-state index contributed by atoms with van der Waals surface area (Å²) >= 11 is 0. The summed E-state index contributed by atoms with van der Waals surface area (Å²) in [7, 11) is 0. The van der Waals surface area contributed by atoms with Crippen molar-refractivity contribution < 1.29 is 4.79 Å². The molecular formula is C15H20N2O. The Kier molecular flexibility index (Phi) is 5.41. The highest BCUT2D eigenvalue weighted by Gasteiger charge is 2.20. The van der Waals surface area contributed by atoms with E-state index in [0.717, 1.165) is 0 Å². The van der Waals surface area contributed by atoms with Crippen molar-refractivity contribution in [2.45, 2.75) is 19.3 Å². The lowest BCUT2D eigenvalue weighted by Crippen LogP contribution is -2.40. The summed E-state index contributed by atoms with van der Waals surface area (Å²) in [4.78, 5) is 11.6. The van der Waals surface area contributed by atoms with Gasteiger partial charge in [-0.3, -0.25) is 10.1 Å². The molecule has 96 valence electrons. The zero-order chi connectivity index (χ0) is 13.4. The Labute approximate surface area is 109 Å². The first-order chi connectivity index (χ1) is 8.56. The Morgan fingerprint density at radius 2 is 2.00 bits per heavy atom. The van der Waals surface area contributed by atoms with E-state index >= 15 is 0 Å². The van der Waals surface area contributed by atoms with Crippen molar-refractivity contribution in [3.05, 3.63) is 35.9 Å². The van der Waals surface area contributed by atoms with E-state index < -0.39 is 0 Å². The van der Waals surface area contributed by atoms with Gasteiger partial charge in [-0.2, -0.15) is 0 Å². The van der Waals surface area contributed by atoms with Gasteiger partial charge in [-0.1, -0.05) is 50.1 Å². The van der Waals surface area contributed by atoms with Gasteiger partial charge in [0.2, 0.25) is 5.91 Å². The second-order valence-electron chi connectivity index (χ2n) is 4.83. The maximum Gasteiger partial charge on any atom is 0.234 e. The smallest absolute Gasteiger partial charge is 0.234 e. The molecule has 0 aromatic heterocycles. The normalized spacial score (nSPS) is 10.7. The molecule has 0 aliphatic heterocycles. The third-order valence-corrected chi connectivity index (χ3v) is 2.80. The number of amides is 1. The van der Waals surface area contributed by atoms with E-state index in [1.165, 1.54) is 5.56 Å². The number of hydrogen-bond donors (Lipinski definition) is 2. The maximum atomic E-state index is 11.6. The molecule has 18 heavy (non-hydrogen) atoms. The first kappa shape index (κ1) is 14.3. The highest BCUT2D eigenvalue weighted by molar-refractivity contribution is 5.78. The van der Waals surface area contributed by atoms with Crippen molar-refractivity contribution >= 4 is 5.91 Å². The van der Waals surface area contributed by atoms with Gasteiger partial charge in [-0.05, 0) is 5.56 Å². The molecule has 0 spiro atoms. The molecule has 0 fully saturated rings. The third-order valence-electron chi connectivity index (χ3n) is 2.80. The van der Waals surface area contributed by atoms with Gasteiger partial charge in [0.15, 0.2) is 0 Å². The summed E-state index contributed by atoms with van der Waals surface area (Å²) in [6.45, 7) is 5.49. The van der Waals surface area contributed by atoms with Crippen molar-refractivity contribution in [3.8, 4) is 12.3 Å². The molecule has 1 rings (SSSR count). The largest absolute Gasteiger partial charge is 0.354 e. The molecule has 0 radical (unpaired) electrons. The van der Waals surface area contributed by atoms with E-state index in [0.29, 0.717) is 13.1 Å².